The Balaban J connectivity index is 1.86. The summed E-state index contributed by atoms with van der Waals surface area (Å²) in [6.07, 6.45) is 0. The highest BCUT2D eigenvalue weighted by molar-refractivity contribution is 5.42. The molecule has 1 fully saturated rings. The zero-order valence-corrected chi connectivity index (χ0v) is 7.92. The summed E-state index contributed by atoms with van der Waals surface area (Å²) in [4.78, 5) is 0. The summed E-state index contributed by atoms with van der Waals surface area (Å²) < 4.78 is 5.19. The Labute approximate surface area is 78.9 Å². The van der Waals surface area contributed by atoms with E-state index in [4.69, 9.17) is 4.74 Å². The van der Waals surface area contributed by atoms with E-state index in [1.165, 1.54) is 5.69 Å². The third-order valence-electron chi connectivity index (χ3n) is 2.39. The van der Waals surface area contributed by atoms with E-state index in [1.54, 1.807) is 0 Å². The number of nitrogens with one attached hydrogen (secondary N) is 1. The molecule has 70 valence electrons. The Hall–Kier alpha value is -1.02. The first-order chi connectivity index (χ1) is 6.29. The Kier molecular flexibility index (Phi) is 2.23. The molecule has 0 spiro atoms. The van der Waals surface area contributed by atoms with Crippen molar-refractivity contribution in [3.05, 3.63) is 30.3 Å². The van der Waals surface area contributed by atoms with Gasteiger partial charge in [-0.3, -0.25) is 0 Å². The van der Waals surface area contributed by atoms with E-state index in [-0.39, 0.29) is 0 Å². The molecule has 0 bridgehead atoms. The summed E-state index contributed by atoms with van der Waals surface area (Å²) in [7, 11) is 0. The predicted molar refractivity (Wildman–Crippen MR) is 53.9 cm³/mol. The fourth-order valence-corrected chi connectivity index (χ4v) is 1.42. The zero-order chi connectivity index (χ0) is 9.15. The molecule has 1 N–H and O–H groups in total. The number of benzene rings is 1. The average Bonchev–Trinajstić information content (AvgIpc) is 2.13. The lowest BCUT2D eigenvalue weighted by Gasteiger charge is -2.38. The van der Waals surface area contributed by atoms with E-state index < -0.39 is 0 Å². The van der Waals surface area contributed by atoms with E-state index in [1.807, 2.05) is 18.2 Å². The van der Waals surface area contributed by atoms with Gasteiger partial charge in [0.1, 0.15) is 0 Å². The van der Waals surface area contributed by atoms with Gasteiger partial charge in [-0.05, 0) is 12.1 Å². The van der Waals surface area contributed by atoms with Gasteiger partial charge in [0.25, 0.3) is 0 Å². The van der Waals surface area contributed by atoms with Gasteiger partial charge >= 0.3 is 0 Å². The molecule has 1 saturated heterocycles. The molecule has 1 aromatic rings. The second-order valence-corrected chi connectivity index (χ2v) is 4.02. The summed E-state index contributed by atoms with van der Waals surface area (Å²) in [6.45, 7) is 5.00. The van der Waals surface area contributed by atoms with Crippen LogP contribution in [-0.2, 0) is 4.74 Å². The first-order valence-electron chi connectivity index (χ1n) is 4.65. The molecule has 13 heavy (non-hydrogen) atoms. The molecule has 0 aliphatic carbocycles. The standard InChI is InChI=1S/C11H15NO/c1-11(8-13-9-11)7-12-10-5-3-2-4-6-10/h2-6,12H,7-9H2,1H3. The van der Waals surface area contributed by atoms with Crippen LogP contribution in [0.15, 0.2) is 30.3 Å². The number of hydrogen-bond acceptors (Lipinski definition) is 2. The van der Waals surface area contributed by atoms with Gasteiger partial charge in [0, 0.05) is 17.6 Å². The van der Waals surface area contributed by atoms with Gasteiger partial charge in [0.15, 0.2) is 0 Å². The molecule has 0 aromatic heterocycles. The topological polar surface area (TPSA) is 21.3 Å². The summed E-state index contributed by atoms with van der Waals surface area (Å²) in [6, 6.07) is 10.3. The Bertz CT molecular complexity index is 267. The Morgan fingerprint density at radius 2 is 2.00 bits per heavy atom. The zero-order valence-electron chi connectivity index (χ0n) is 7.92. The van der Waals surface area contributed by atoms with Gasteiger partial charge in [-0.2, -0.15) is 0 Å². The van der Waals surface area contributed by atoms with Crippen LogP contribution in [0.3, 0.4) is 0 Å². The molecule has 2 heteroatoms. The van der Waals surface area contributed by atoms with Crippen molar-refractivity contribution in [1.82, 2.24) is 0 Å². The minimum Gasteiger partial charge on any atom is -0.384 e. The van der Waals surface area contributed by atoms with Crippen molar-refractivity contribution < 1.29 is 4.74 Å². The van der Waals surface area contributed by atoms with Crippen LogP contribution < -0.4 is 5.32 Å². The van der Waals surface area contributed by atoms with Gasteiger partial charge in [-0.1, -0.05) is 25.1 Å². The molecule has 1 heterocycles. The number of hydrogen-bond donors (Lipinski definition) is 1. The molecular formula is C11H15NO. The smallest absolute Gasteiger partial charge is 0.0559 e. The van der Waals surface area contributed by atoms with Gasteiger partial charge in [-0.25, -0.2) is 0 Å². The van der Waals surface area contributed by atoms with Crippen LogP contribution in [0.25, 0.3) is 0 Å². The molecule has 0 saturated carbocycles. The number of rotatable bonds is 3. The highest BCUT2D eigenvalue weighted by atomic mass is 16.5. The van der Waals surface area contributed by atoms with Crippen molar-refractivity contribution >= 4 is 5.69 Å². The van der Waals surface area contributed by atoms with E-state index in [2.05, 4.69) is 24.4 Å². The Morgan fingerprint density at radius 3 is 2.54 bits per heavy atom. The van der Waals surface area contributed by atoms with Gasteiger partial charge in [-0.15, -0.1) is 0 Å². The van der Waals surface area contributed by atoms with E-state index >= 15 is 0 Å². The van der Waals surface area contributed by atoms with Crippen LogP contribution in [-0.4, -0.2) is 19.8 Å². The van der Waals surface area contributed by atoms with Crippen LogP contribution in [0.4, 0.5) is 5.69 Å². The largest absolute Gasteiger partial charge is 0.384 e. The number of ether oxygens (including phenoxy) is 1. The predicted octanol–water partition coefficient (Wildman–Crippen LogP) is 2.13. The first kappa shape index (κ1) is 8.57. The summed E-state index contributed by atoms with van der Waals surface area (Å²) >= 11 is 0. The number of para-hydroxylation sites is 1. The molecule has 1 aromatic carbocycles. The Morgan fingerprint density at radius 1 is 1.31 bits per heavy atom. The molecule has 0 atom stereocenters. The van der Waals surface area contributed by atoms with Crippen LogP contribution in [0.2, 0.25) is 0 Å². The van der Waals surface area contributed by atoms with Crippen LogP contribution in [0.1, 0.15) is 6.92 Å². The summed E-state index contributed by atoms with van der Waals surface area (Å²) in [5.41, 5.74) is 1.53. The second kappa shape index (κ2) is 3.38. The second-order valence-electron chi connectivity index (χ2n) is 4.02. The molecule has 0 amide bonds. The van der Waals surface area contributed by atoms with E-state index in [9.17, 15) is 0 Å². The first-order valence-corrected chi connectivity index (χ1v) is 4.65. The van der Waals surface area contributed by atoms with Crippen molar-refractivity contribution in [3.63, 3.8) is 0 Å². The maximum Gasteiger partial charge on any atom is 0.0559 e. The molecule has 0 radical (unpaired) electrons. The van der Waals surface area contributed by atoms with Crippen molar-refractivity contribution in [2.24, 2.45) is 5.41 Å². The van der Waals surface area contributed by atoms with Crippen LogP contribution >= 0.6 is 0 Å². The molecule has 2 nitrogen and oxygen atoms in total. The lowest BCUT2D eigenvalue weighted by molar-refractivity contribution is -0.0924. The van der Waals surface area contributed by atoms with E-state index in [0.29, 0.717) is 5.41 Å². The lowest BCUT2D eigenvalue weighted by atomic mass is 9.89. The minimum atomic E-state index is 0.343. The minimum absolute atomic E-state index is 0.343. The molecule has 1 aliphatic heterocycles. The molecule has 1 aliphatic rings. The van der Waals surface area contributed by atoms with Crippen molar-refractivity contribution in [2.75, 3.05) is 25.1 Å². The quantitative estimate of drug-likeness (QED) is 0.763. The van der Waals surface area contributed by atoms with Gasteiger partial charge in [0.05, 0.1) is 13.2 Å². The lowest BCUT2D eigenvalue weighted by Crippen LogP contribution is -2.45. The maximum absolute atomic E-state index is 5.19. The van der Waals surface area contributed by atoms with Crippen LogP contribution in [0.5, 0.6) is 0 Å². The van der Waals surface area contributed by atoms with E-state index in [0.717, 1.165) is 19.8 Å². The van der Waals surface area contributed by atoms with Gasteiger partial charge < -0.3 is 10.1 Å². The van der Waals surface area contributed by atoms with Crippen molar-refractivity contribution in [2.45, 2.75) is 6.92 Å². The van der Waals surface area contributed by atoms with Gasteiger partial charge in [0.2, 0.25) is 0 Å². The highest BCUT2D eigenvalue weighted by Gasteiger charge is 2.32. The average molecular weight is 177 g/mol. The SMILES string of the molecule is CC1(CNc2ccccc2)COC1. The highest BCUT2D eigenvalue weighted by Crippen LogP contribution is 2.26. The van der Waals surface area contributed by atoms with Crippen LogP contribution in [0, 0.1) is 5.41 Å². The maximum atomic E-state index is 5.19. The molecule has 0 unspecified atom stereocenters. The normalized spacial score (nSPS) is 19.2. The summed E-state index contributed by atoms with van der Waals surface area (Å²) in [5, 5.41) is 3.41. The van der Waals surface area contributed by atoms with Crippen molar-refractivity contribution in [3.8, 4) is 0 Å². The van der Waals surface area contributed by atoms with Crippen molar-refractivity contribution in [1.29, 1.82) is 0 Å². The number of anilines is 1. The third-order valence-corrected chi connectivity index (χ3v) is 2.39. The fourth-order valence-electron chi connectivity index (χ4n) is 1.42. The molecule has 2 rings (SSSR count). The monoisotopic (exact) mass is 177 g/mol. The fraction of sp³-hybridized carbons (Fsp3) is 0.455. The molecular weight excluding hydrogens is 162 g/mol. The summed E-state index contributed by atoms with van der Waals surface area (Å²) in [5.74, 6) is 0. The third kappa shape index (κ3) is 2.01.